The second kappa shape index (κ2) is 7.21. The molecule has 0 atom stereocenters. The number of nitrogens with zero attached hydrogens (tertiary/aromatic N) is 3. The highest BCUT2D eigenvalue weighted by atomic mass is 16.5. The van der Waals surface area contributed by atoms with Crippen LogP contribution in [0.1, 0.15) is 20.7 Å². The van der Waals surface area contributed by atoms with E-state index in [1.165, 1.54) is 18.5 Å². The number of carbonyl (C=O) groups excluding carboxylic acids is 1. The Morgan fingerprint density at radius 1 is 1.04 bits per heavy atom. The van der Waals surface area contributed by atoms with Crippen molar-refractivity contribution in [2.75, 3.05) is 38.2 Å². The van der Waals surface area contributed by atoms with Crippen LogP contribution in [-0.4, -0.2) is 60.2 Å². The summed E-state index contributed by atoms with van der Waals surface area (Å²) in [6.07, 6.45) is 2.65. The van der Waals surface area contributed by atoms with Crippen LogP contribution in [0.3, 0.4) is 0 Å². The quantitative estimate of drug-likeness (QED) is 0.912. The molecular weight excluding hydrogens is 322 g/mol. The van der Waals surface area contributed by atoms with Crippen LogP contribution in [0.25, 0.3) is 0 Å². The zero-order chi connectivity index (χ0) is 17.8. The Balaban J connectivity index is 1.67. The smallest absolute Gasteiger partial charge is 0.338 e. The molecule has 0 radical (unpaired) electrons. The summed E-state index contributed by atoms with van der Waals surface area (Å²) in [5.74, 6) is -0.612. The number of carboxylic acid groups (broad SMARTS) is 1. The fourth-order valence-corrected chi connectivity index (χ4v) is 2.88. The van der Waals surface area contributed by atoms with E-state index in [1.54, 1.807) is 12.0 Å². The van der Waals surface area contributed by atoms with Crippen molar-refractivity contribution in [3.8, 4) is 5.75 Å². The van der Waals surface area contributed by atoms with Gasteiger partial charge in [-0.1, -0.05) is 0 Å². The molecular formula is C18H19N3O4. The maximum Gasteiger partial charge on any atom is 0.338 e. The lowest BCUT2D eigenvalue weighted by atomic mass is 10.1. The maximum absolute atomic E-state index is 12.7. The summed E-state index contributed by atoms with van der Waals surface area (Å²) < 4.78 is 5.16. The SMILES string of the molecule is COc1ccc(N2CCN(C(=O)c3ccncc3C(=O)O)CC2)cc1. The average Bonchev–Trinajstić information content (AvgIpc) is 2.67. The molecule has 7 heteroatoms. The first kappa shape index (κ1) is 16.8. The molecule has 0 spiro atoms. The first-order valence-corrected chi connectivity index (χ1v) is 7.95. The molecule has 2 heterocycles. The molecule has 7 nitrogen and oxygen atoms in total. The van der Waals surface area contributed by atoms with Crippen molar-refractivity contribution < 1.29 is 19.4 Å². The topological polar surface area (TPSA) is 83.0 Å². The Bertz CT molecular complexity index is 768. The monoisotopic (exact) mass is 341 g/mol. The molecule has 1 N–H and O–H groups in total. The number of anilines is 1. The number of aromatic nitrogens is 1. The van der Waals surface area contributed by atoms with E-state index in [1.807, 2.05) is 24.3 Å². The number of carboxylic acids is 1. The summed E-state index contributed by atoms with van der Waals surface area (Å²) in [5.41, 5.74) is 1.19. The normalized spacial score (nSPS) is 14.3. The van der Waals surface area contributed by atoms with Gasteiger partial charge in [-0.05, 0) is 30.3 Å². The van der Waals surface area contributed by atoms with Gasteiger partial charge < -0.3 is 19.6 Å². The summed E-state index contributed by atoms with van der Waals surface area (Å²) in [6, 6.07) is 9.25. The number of benzene rings is 1. The van der Waals surface area contributed by atoms with Crippen molar-refractivity contribution in [3.05, 3.63) is 53.9 Å². The Morgan fingerprint density at radius 3 is 2.32 bits per heavy atom. The minimum Gasteiger partial charge on any atom is -0.497 e. The predicted octanol–water partition coefficient (Wildman–Crippen LogP) is 1.75. The second-order valence-electron chi connectivity index (χ2n) is 5.70. The van der Waals surface area contributed by atoms with Crippen molar-refractivity contribution in [2.45, 2.75) is 0 Å². The summed E-state index contributed by atoms with van der Waals surface area (Å²) in [4.78, 5) is 31.6. The number of ether oxygens (including phenoxy) is 1. The van der Waals surface area contributed by atoms with Crippen LogP contribution >= 0.6 is 0 Å². The van der Waals surface area contributed by atoms with E-state index in [0.29, 0.717) is 26.2 Å². The first-order chi connectivity index (χ1) is 12.1. The Hall–Kier alpha value is -3.09. The molecule has 1 aliphatic heterocycles. The van der Waals surface area contributed by atoms with Crippen LogP contribution in [0.2, 0.25) is 0 Å². The number of pyridine rings is 1. The van der Waals surface area contributed by atoms with E-state index in [-0.39, 0.29) is 17.0 Å². The number of amides is 1. The van der Waals surface area contributed by atoms with Crippen molar-refractivity contribution in [3.63, 3.8) is 0 Å². The fourth-order valence-electron chi connectivity index (χ4n) is 2.88. The molecule has 0 saturated carbocycles. The zero-order valence-corrected chi connectivity index (χ0v) is 13.9. The van der Waals surface area contributed by atoms with Gasteiger partial charge in [0.1, 0.15) is 5.75 Å². The highest BCUT2D eigenvalue weighted by Gasteiger charge is 2.25. The molecule has 1 fully saturated rings. The van der Waals surface area contributed by atoms with E-state index in [2.05, 4.69) is 9.88 Å². The summed E-state index contributed by atoms with van der Waals surface area (Å²) in [6.45, 7) is 2.44. The third kappa shape index (κ3) is 3.55. The predicted molar refractivity (Wildman–Crippen MR) is 92.3 cm³/mol. The van der Waals surface area contributed by atoms with Crippen LogP contribution in [0.15, 0.2) is 42.7 Å². The van der Waals surface area contributed by atoms with Crippen LogP contribution in [0, 0.1) is 0 Å². The van der Waals surface area contributed by atoms with Gasteiger partial charge in [-0.2, -0.15) is 0 Å². The molecule has 3 rings (SSSR count). The third-order valence-electron chi connectivity index (χ3n) is 4.29. The van der Waals surface area contributed by atoms with E-state index in [9.17, 15) is 14.7 Å². The van der Waals surface area contributed by atoms with Gasteiger partial charge in [-0.3, -0.25) is 9.78 Å². The molecule has 0 unspecified atom stereocenters. The number of piperazine rings is 1. The van der Waals surface area contributed by atoms with Gasteiger partial charge in [0.15, 0.2) is 0 Å². The molecule has 25 heavy (non-hydrogen) atoms. The van der Waals surface area contributed by atoms with Gasteiger partial charge in [0.25, 0.3) is 5.91 Å². The van der Waals surface area contributed by atoms with Crippen molar-refractivity contribution in [1.29, 1.82) is 0 Å². The van der Waals surface area contributed by atoms with Crippen molar-refractivity contribution in [1.82, 2.24) is 9.88 Å². The van der Waals surface area contributed by atoms with Crippen molar-refractivity contribution in [2.24, 2.45) is 0 Å². The van der Waals surface area contributed by atoms with Gasteiger partial charge in [-0.25, -0.2) is 4.79 Å². The number of methoxy groups -OCH3 is 1. The van der Waals surface area contributed by atoms with Gasteiger partial charge in [0, 0.05) is 44.3 Å². The van der Waals surface area contributed by atoms with E-state index >= 15 is 0 Å². The van der Waals surface area contributed by atoms with Crippen LogP contribution in [-0.2, 0) is 0 Å². The zero-order valence-electron chi connectivity index (χ0n) is 13.9. The van der Waals surface area contributed by atoms with E-state index in [0.717, 1.165) is 11.4 Å². The number of carbonyl (C=O) groups is 2. The Morgan fingerprint density at radius 2 is 1.72 bits per heavy atom. The third-order valence-corrected chi connectivity index (χ3v) is 4.29. The van der Waals surface area contributed by atoms with Crippen molar-refractivity contribution >= 4 is 17.6 Å². The molecule has 1 amide bonds. The number of rotatable bonds is 4. The summed E-state index contributed by atoms with van der Waals surface area (Å²) >= 11 is 0. The molecule has 1 aromatic carbocycles. The van der Waals surface area contributed by atoms with E-state index < -0.39 is 5.97 Å². The highest BCUT2D eigenvalue weighted by molar-refractivity contribution is 6.04. The number of hydrogen-bond acceptors (Lipinski definition) is 5. The van der Waals surface area contributed by atoms with Crippen LogP contribution in [0.5, 0.6) is 5.75 Å². The van der Waals surface area contributed by atoms with E-state index in [4.69, 9.17) is 4.74 Å². The summed E-state index contributed by atoms with van der Waals surface area (Å²) in [7, 11) is 1.63. The molecule has 1 aromatic heterocycles. The fraction of sp³-hybridized carbons (Fsp3) is 0.278. The number of aromatic carboxylic acids is 1. The Kier molecular flexibility index (Phi) is 4.83. The van der Waals surface area contributed by atoms with Gasteiger partial charge in [0.2, 0.25) is 0 Å². The lowest BCUT2D eigenvalue weighted by Gasteiger charge is -2.36. The molecule has 1 saturated heterocycles. The highest BCUT2D eigenvalue weighted by Crippen LogP contribution is 2.21. The first-order valence-electron chi connectivity index (χ1n) is 7.95. The van der Waals surface area contributed by atoms with Gasteiger partial charge in [-0.15, -0.1) is 0 Å². The lowest BCUT2D eigenvalue weighted by Crippen LogP contribution is -2.49. The molecule has 1 aliphatic rings. The molecule has 0 aliphatic carbocycles. The second-order valence-corrected chi connectivity index (χ2v) is 5.70. The van der Waals surface area contributed by atoms with Crippen LogP contribution < -0.4 is 9.64 Å². The minimum absolute atomic E-state index is 0.0647. The molecule has 2 aromatic rings. The largest absolute Gasteiger partial charge is 0.497 e. The van der Waals surface area contributed by atoms with Crippen LogP contribution in [0.4, 0.5) is 5.69 Å². The molecule has 130 valence electrons. The van der Waals surface area contributed by atoms with Gasteiger partial charge >= 0.3 is 5.97 Å². The Labute approximate surface area is 145 Å². The standard InChI is InChI=1S/C18H19N3O4/c1-25-14-4-2-13(3-5-14)20-8-10-21(11-9-20)17(22)15-6-7-19-12-16(15)18(23)24/h2-7,12H,8-11H2,1H3,(H,23,24). The maximum atomic E-state index is 12.7. The number of hydrogen-bond donors (Lipinski definition) is 1. The average molecular weight is 341 g/mol. The minimum atomic E-state index is -1.15. The lowest BCUT2D eigenvalue weighted by molar-refractivity contribution is 0.0672. The molecule has 0 bridgehead atoms. The summed E-state index contributed by atoms with van der Waals surface area (Å²) in [5, 5.41) is 9.22. The van der Waals surface area contributed by atoms with Gasteiger partial charge in [0.05, 0.1) is 18.2 Å².